The number of hydrogen-bond donors (Lipinski definition) is 2. The van der Waals surface area contributed by atoms with E-state index < -0.39 is 12.1 Å². The van der Waals surface area contributed by atoms with Gasteiger partial charge in [-0.2, -0.15) is 0 Å². The van der Waals surface area contributed by atoms with E-state index in [-0.39, 0.29) is 6.42 Å². The molecule has 0 saturated carbocycles. The summed E-state index contributed by atoms with van der Waals surface area (Å²) in [6, 6.07) is 0. The predicted molar refractivity (Wildman–Crippen MR) is 53.5 cm³/mol. The molecule has 0 aliphatic heterocycles. The number of aliphatic carboxylic acids is 1. The van der Waals surface area contributed by atoms with Gasteiger partial charge in [0.25, 0.3) is 0 Å². The number of carbonyl (C=O) groups is 1. The third-order valence-electron chi connectivity index (χ3n) is 1.75. The minimum atomic E-state index is -1.35. The summed E-state index contributed by atoms with van der Waals surface area (Å²) >= 11 is 1.50. The van der Waals surface area contributed by atoms with Gasteiger partial charge in [-0.3, -0.25) is 0 Å². The summed E-state index contributed by atoms with van der Waals surface area (Å²) < 4.78 is 0. The van der Waals surface area contributed by atoms with Crippen LogP contribution in [0.25, 0.3) is 0 Å². The van der Waals surface area contributed by atoms with E-state index >= 15 is 0 Å². The van der Waals surface area contributed by atoms with Crippen LogP contribution in [-0.4, -0.2) is 27.3 Å². The number of carboxylic acids is 1. The topological polar surface area (TPSA) is 70.4 Å². The van der Waals surface area contributed by atoms with Crippen LogP contribution in [0.4, 0.5) is 0 Å². The van der Waals surface area contributed by atoms with Gasteiger partial charge in [0.15, 0.2) is 6.10 Å². The molecule has 0 aromatic carbocycles. The first-order valence-electron chi connectivity index (χ1n) is 4.36. The van der Waals surface area contributed by atoms with Crippen molar-refractivity contribution in [3.63, 3.8) is 0 Å². The van der Waals surface area contributed by atoms with Crippen molar-refractivity contribution in [2.45, 2.75) is 32.3 Å². The first-order valence-corrected chi connectivity index (χ1v) is 5.24. The highest BCUT2D eigenvalue weighted by atomic mass is 32.1. The molecule has 1 aromatic heterocycles. The Morgan fingerprint density at radius 2 is 2.29 bits per heavy atom. The van der Waals surface area contributed by atoms with Crippen LogP contribution in [0, 0.1) is 0 Å². The summed E-state index contributed by atoms with van der Waals surface area (Å²) in [5, 5.41) is 20.3. The van der Waals surface area contributed by atoms with E-state index in [1.807, 2.05) is 13.8 Å². The second kappa shape index (κ2) is 4.52. The molecule has 0 spiro atoms. The smallest absolute Gasteiger partial charge is 0.332 e. The van der Waals surface area contributed by atoms with Crippen molar-refractivity contribution >= 4 is 17.3 Å². The molecule has 14 heavy (non-hydrogen) atoms. The van der Waals surface area contributed by atoms with Crippen LogP contribution in [0.2, 0.25) is 0 Å². The van der Waals surface area contributed by atoms with Gasteiger partial charge in [-0.05, 0) is 0 Å². The second-order valence-corrected chi connectivity index (χ2v) is 4.28. The molecule has 1 atom stereocenters. The van der Waals surface area contributed by atoms with Crippen LogP contribution >= 0.6 is 11.3 Å². The molecule has 1 rings (SSSR count). The van der Waals surface area contributed by atoms with E-state index in [1.165, 1.54) is 11.3 Å². The molecule has 1 unspecified atom stereocenters. The highest BCUT2D eigenvalue weighted by Gasteiger charge is 2.16. The van der Waals surface area contributed by atoms with Gasteiger partial charge < -0.3 is 10.2 Å². The minimum Gasteiger partial charge on any atom is -0.479 e. The monoisotopic (exact) mass is 215 g/mol. The van der Waals surface area contributed by atoms with Gasteiger partial charge in [0, 0.05) is 17.7 Å². The molecule has 1 aromatic rings. The Hall–Kier alpha value is -0.940. The molecule has 0 bridgehead atoms. The number of aromatic nitrogens is 1. The van der Waals surface area contributed by atoms with Gasteiger partial charge in [-0.15, -0.1) is 11.3 Å². The van der Waals surface area contributed by atoms with Gasteiger partial charge in [-0.25, -0.2) is 9.78 Å². The van der Waals surface area contributed by atoms with Crippen molar-refractivity contribution in [1.82, 2.24) is 4.98 Å². The molecular weight excluding hydrogens is 202 g/mol. The lowest BCUT2D eigenvalue weighted by Gasteiger charge is -2.01. The summed E-state index contributed by atoms with van der Waals surface area (Å²) in [5.41, 5.74) is 0.647. The van der Waals surface area contributed by atoms with E-state index in [2.05, 4.69) is 4.98 Å². The molecule has 0 saturated heterocycles. The molecule has 0 aliphatic carbocycles. The summed E-state index contributed by atoms with van der Waals surface area (Å²) in [6.45, 7) is 4.05. The zero-order valence-electron chi connectivity index (χ0n) is 8.10. The van der Waals surface area contributed by atoms with Crippen LogP contribution in [0.15, 0.2) is 5.38 Å². The Balaban J connectivity index is 2.64. The fourth-order valence-electron chi connectivity index (χ4n) is 0.967. The van der Waals surface area contributed by atoms with Crippen molar-refractivity contribution < 1.29 is 15.0 Å². The minimum absolute atomic E-state index is 0.0819. The van der Waals surface area contributed by atoms with Crippen molar-refractivity contribution in [2.75, 3.05) is 0 Å². The molecule has 4 nitrogen and oxygen atoms in total. The van der Waals surface area contributed by atoms with E-state index in [0.717, 1.165) is 5.01 Å². The largest absolute Gasteiger partial charge is 0.479 e. The average molecular weight is 215 g/mol. The van der Waals surface area contributed by atoms with Gasteiger partial charge in [0.1, 0.15) is 0 Å². The maximum absolute atomic E-state index is 10.4. The summed E-state index contributed by atoms with van der Waals surface area (Å²) in [5.74, 6) is -0.861. The van der Waals surface area contributed by atoms with Crippen LogP contribution in [0.1, 0.15) is 30.5 Å². The van der Waals surface area contributed by atoms with Crippen LogP contribution in [0.3, 0.4) is 0 Å². The number of nitrogens with zero attached hydrogens (tertiary/aromatic N) is 1. The van der Waals surface area contributed by atoms with E-state index in [4.69, 9.17) is 10.2 Å². The number of thiazole rings is 1. The zero-order chi connectivity index (χ0) is 10.7. The average Bonchev–Trinajstić information content (AvgIpc) is 2.52. The molecule has 0 aliphatic rings. The first-order chi connectivity index (χ1) is 6.50. The van der Waals surface area contributed by atoms with Crippen molar-refractivity contribution in [1.29, 1.82) is 0 Å². The highest BCUT2D eigenvalue weighted by Crippen LogP contribution is 2.19. The quantitative estimate of drug-likeness (QED) is 0.793. The third kappa shape index (κ3) is 2.78. The molecule has 5 heteroatoms. The Morgan fingerprint density at radius 1 is 1.64 bits per heavy atom. The third-order valence-corrected chi connectivity index (χ3v) is 2.95. The molecule has 0 radical (unpaired) electrons. The van der Waals surface area contributed by atoms with E-state index in [9.17, 15) is 4.79 Å². The van der Waals surface area contributed by atoms with Crippen LogP contribution in [-0.2, 0) is 11.2 Å². The standard InChI is InChI=1S/C9H13NO3S/c1-5(2)8-10-6(4-14-8)3-7(11)9(12)13/h4-5,7,11H,3H2,1-2H3,(H,12,13). The maximum Gasteiger partial charge on any atom is 0.332 e. The predicted octanol–water partition coefficient (Wildman–Crippen LogP) is 1.25. The summed E-state index contributed by atoms with van der Waals surface area (Å²) in [7, 11) is 0. The lowest BCUT2D eigenvalue weighted by atomic mass is 10.2. The fraction of sp³-hybridized carbons (Fsp3) is 0.556. The summed E-state index contributed by atoms with van der Waals surface area (Å²) in [6.07, 6.45) is -1.27. The van der Waals surface area contributed by atoms with Crippen molar-refractivity contribution in [3.05, 3.63) is 16.1 Å². The van der Waals surface area contributed by atoms with Crippen molar-refractivity contribution in [2.24, 2.45) is 0 Å². The van der Waals surface area contributed by atoms with Gasteiger partial charge in [0.2, 0.25) is 0 Å². The molecule has 0 amide bonds. The zero-order valence-corrected chi connectivity index (χ0v) is 8.91. The fourth-order valence-corrected chi connectivity index (χ4v) is 1.81. The Kier molecular flexibility index (Phi) is 3.60. The van der Waals surface area contributed by atoms with Gasteiger partial charge in [-0.1, -0.05) is 13.8 Å². The van der Waals surface area contributed by atoms with Crippen LogP contribution in [0.5, 0.6) is 0 Å². The molecule has 78 valence electrons. The number of hydrogen-bond acceptors (Lipinski definition) is 4. The SMILES string of the molecule is CC(C)c1nc(CC(O)C(=O)O)cs1. The molecular formula is C9H13NO3S. The van der Waals surface area contributed by atoms with E-state index in [1.54, 1.807) is 5.38 Å². The second-order valence-electron chi connectivity index (χ2n) is 3.39. The lowest BCUT2D eigenvalue weighted by molar-refractivity contribution is -0.146. The van der Waals surface area contributed by atoms with E-state index in [0.29, 0.717) is 11.6 Å². The molecule has 1 heterocycles. The highest BCUT2D eigenvalue weighted by molar-refractivity contribution is 7.09. The Bertz CT molecular complexity index is 322. The Labute approximate surface area is 86.2 Å². The number of rotatable bonds is 4. The van der Waals surface area contributed by atoms with Crippen molar-refractivity contribution in [3.8, 4) is 0 Å². The number of carboxylic acid groups (broad SMARTS) is 1. The van der Waals surface area contributed by atoms with Crippen LogP contribution < -0.4 is 0 Å². The maximum atomic E-state index is 10.4. The summed E-state index contributed by atoms with van der Waals surface area (Å²) in [4.78, 5) is 14.6. The number of aliphatic hydroxyl groups excluding tert-OH is 1. The lowest BCUT2D eigenvalue weighted by Crippen LogP contribution is -2.22. The van der Waals surface area contributed by atoms with Gasteiger partial charge in [0.05, 0.1) is 10.7 Å². The molecule has 0 fully saturated rings. The van der Waals surface area contributed by atoms with Gasteiger partial charge >= 0.3 is 5.97 Å². The molecule has 2 N–H and O–H groups in total. The normalized spacial score (nSPS) is 13.1. The number of aliphatic hydroxyl groups is 1. The Morgan fingerprint density at radius 3 is 2.71 bits per heavy atom. The first kappa shape index (κ1) is 11.1.